The van der Waals surface area contributed by atoms with Crippen molar-refractivity contribution in [1.82, 2.24) is 10.0 Å². The lowest BCUT2D eigenvalue weighted by molar-refractivity contribution is -0.0448. The van der Waals surface area contributed by atoms with E-state index in [4.69, 9.17) is 9.16 Å². The quantitative estimate of drug-likeness (QED) is 0.323. The standard InChI is InChI=1S/C28H33F3N2O5SSi/c1-27(2,3)40(24-15-9-5-10-16-24,25-17-11-6-12-18-25)38-21-23(19-32-39(35,36)28(29,30)31)33-26(34)37-20-22-13-7-4-8-14-22/h4-18,23,32H,19-21H2,1-3H3,(H,33,34)/t23-/m1/s1. The molecular weight excluding hydrogens is 561 g/mol. The van der Waals surface area contributed by atoms with Crippen molar-refractivity contribution in [2.75, 3.05) is 13.2 Å². The minimum Gasteiger partial charge on any atom is -0.445 e. The first-order valence-electron chi connectivity index (χ1n) is 12.5. The lowest BCUT2D eigenvalue weighted by Gasteiger charge is -2.43. The number of ether oxygens (including phenoxy) is 1. The van der Waals surface area contributed by atoms with Crippen LogP contribution in [-0.2, 0) is 25.8 Å². The lowest BCUT2D eigenvalue weighted by Crippen LogP contribution is -2.67. The van der Waals surface area contributed by atoms with Gasteiger partial charge in [0.05, 0.1) is 12.6 Å². The van der Waals surface area contributed by atoms with Crippen LogP contribution in [0.25, 0.3) is 0 Å². The second-order valence-corrected chi connectivity index (χ2v) is 16.2. The van der Waals surface area contributed by atoms with E-state index in [9.17, 15) is 26.4 Å². The molecule has 3 rings (SSSR count). The van der Waals surface area contributed by atoms with Crippen LogP contribution in [0.5, 0.6) is 0 Å². The molecule has 3 aromatic rings. The topological polar surface area (TPSA) is 93.7 Å². The smallest absolute Gasteiger partial charge is 0.445 e. The van der Waals surface area contributed by atoms with Crippen molar-refractivity contribution in [3.63, 3.8) is 0 Å². The number of hydrogen-bond donors (Lipinski definition) is 2. The summed E-state index contributed by atoms with van der Waals surface area (Å²) in [4.78, 5) is 12.6. The Morgan fingerprint density at radius 2 is 1.32 bits per heavy atom. The second-order valence-electron chi connectivity index (χ2n) is 10.2. The Kier molecular flexibility index (Phi) is 10.2. The first kappa shape index (κ1) is 31.3. The lowest BCUT2D eigenvalue weighted by atomic mass is 10.2. The fourth-order valence-corrected chi connectivity index (χ4v) is 9.55. The largest absolute Gasteiger partial charge is 0.511 e. The van der Waals surface area contributed by atoms with Crippen molar-refractivity contribution < 1.29 is 35.5 Å². The summed E-state index contributed by atoms with van der Waals surface area (Å²) in [6.07, 6.45) is -0.925. The number of sulfonamides is 1. The number of rotatable bonds is 11. The van der Waals surface area contributed by atoms with E-state index in [1.54, 1.807) is 35.1 Å². The molecule has 2 N–H and O–H groups in total. The van der Waals surface area contributed by atoms with E-state index < -0.39 is 47.6 Å². The molecule has 0 aromatic heterocycles. The minimum absolute atomic E-state index is 0.0801. The maximum Gasteiger partial charge on any atom is 0.511 e. The van der Waals surface area contributed by atoms with Gasteiger partial charge >= 0.3 is 21.6 Å². The van der Waals surface area contributed by atoms with E-state index in [0.29, 0.717) is 5.56 Å². The molecule has 216 valence electrons. The zero-order chi connectivity index (χ0) is 29.4. The van der Waals surface area contributed by atoms with Gasteiger partial charge in [-0.3, -0.25) is 0 Å². The van der Waals surface area contributed by atoms with Crippen LogP contribution in [0.2, 0.25) is 5.04 Å². The highest BCUT2D eigenvalue weighted by Crippen LogP contribution is 2.36. The van der Waals surface area contributed by atoms with Crippen LogP contribution < -0.4 is 20.4 Å². The van der Waals surface area contributed by atoms with Crippen LogP contribution in [0.3, 0.4) is 0 Å². The van der Waals surface area contributed by atoms with Crippen molar-refractivity contribution in [1.29, 1.82) is 0 Å². The molecular formula is C28H33F3N2O5SSi. The minimum atomic E-state index is -5.66. The third-order valence-corrected chi connectivity index (χ3v) is 12.4. The molecule has 12 heteroatoms. The van der Waals surface area contributed by atoms with Crippen molar-refractivity contribution in [3.8, 4) is 0 Å². The Balaban J connectivity index is 1.91. The van der Waals surface area contributed by atoms with Crippen LogP contribution in [0, 0.1) is 0 Å². The fraction of sp³-hybridized carbons (Fsp3) is 0.321. The van der Waals surface area contributed by atoms with Crippen LogP contribution in [0.15, 0.2) is 91.0 Å². The van der Waals surface area contributed by atoms with E-state index in [1.807, 2.05) is 81.4 Å². The maximum atomic E-state index is 13.0. The van der Waals surface area contributed by atoms with Crippen LogP contribution in [0.4, 0.5) is 18.0 Å². The summed E-state index contributed by atoms with van der Waals surface area (Å²) in [5.74, 6) is 0. The summed E-state index contributed by atoms with van der Waals surface area (Å²) >= 11 is 0. The molecule has 1 atom stereocenters. The first-order chi connectivity index (χ1) is 18.8. The zero-order valence-corrected chi connectivity index (χ0v) is 24.3. The van der Waals surface area contributed by atoms with Crippen molar-refractivity contribution >= 4 is 34.8 Å². The van der Waals surface area contributed by atoms with Crippen molar-refractivity contribution in [2.24, 2.45) is 0 Å². The molecule has 0 unspecified atom stereocenters. The van der Waals surface area contributed by atoms with Gasteiger partial charge in [0.2, 0.25) is 0 Å². The summed E-state index contributed by atoms with van der Waals surface area (Å²) in [5.41, 5.74) is -4.81. The van der Waals surface area contributed by atoms with Gasteiger partial charge in [0.1, 0.15) is 6.61 Å². The third-order valence-electron chi connectivity index (χ3n) is 6.28. The van der Waals surface area contributed by atoms with Gasteiger partial charge < -0.3 is 14.5 Å². The molecule has 0 aliphatic heterocycles. The summed E-state index contributed by atoms with van der Waals surface area (Å²) < 4.78 is 76.1. The number of nitrogens with one attached hydrogen (secondary N) is 2. The molecule has 40 heavy (non-hydrogen) atoms. The summed E-state index contributed by atoms with van der Waals surface area (Å²) in [5, 5.41) is 3.85. The number of carbonyl (C=O) groups excluding carboxylic acids is 1. The first-order valence-corrected chi connectivity index (χ1v) is 15.9. The molecule has 0 bridgehead atoms. The number of amides is 1. The Morgan fingerprint density at radius 3 is 1.77 bits per heavy atom. The fourth-order valence-electron chi connectivity index (χ4n) is 4.36. The number of benzene rings is 3. The van der Waals surface area contributed by atoms with E-state index in [0.717, 1.165) is 10.4 Å². The van der Waals surface area contributed by atoms with E-state index in [1.165, 1.54) is 0 Å². The van der Waals surface area contributed by atoms with Gasteiger partial charge in [0.15, 0.2) is 0 Å². The molecule has 0 fully saturated rings. The van der Waals surface area contributed by atoms with Crippen LogP contribution in [0.1, 0.15) is 26.3 Å². The second kappa shape index (κ2) is 13.0. The van der Waals surface area contributed by atoms with Crippen LogP contribution in [-0.4, -0.2) is 47.5 Å². The average molecular weight is 595 g/mol. The Morgan fingerprint density at radius 1 is 0.850 bits per heavy atom. The number of alkyl carbamates (subject to hydrolysis) is 1. The third kappa shape index (κ3) is 7.72. The maximum absolute atomic E-state index is 13.0. The Labute approximate surface area is 233 Å². The molecule has 3 aromatic carbocycles. The predicted octanol–water partition coefficient (Wildman–Crippen LogP) is 4.30. The van der Waals surface area contributed by atoms with Gasteiger partial charge in [0.25, 0.3) is 8.32 Å². The number of hydrogen-bond acceptors (Lipinski definition) is 5. The number of alkyl halides is 3. The summed E-state index contributed by atoms with van der Waals surface area (Å²) in [6.45, 7) is 4.92. The molecule has 0 aliphatic rings. The molecule has 0 radical (unpaired) electrons. The highest BCUT2D eigenvalue weighted by atomic mass is 32.2. The monoisotopic (exact) mass is 594 g/mol. The zero-order valence-electron chi connectivity index (χ0n) is 22.4. The molecule has 0 heterocycles. The molecule has 0 saturated heterocycles. The van der Waals surface area contributed by atoms with Gasteiger partial charge in [-0.15, -0.1) is 0 Å². The predicted molar refractivity (Wildman–Crippen MR) is 150 cm³/mol. The Hall–Kier alpha value is -3.19. The van der Waals surface area contributed by atoms with E-state index in [-0.39, 0.29) is 13.2 Å². The van der Waals surface area contributed by atoms with Gasteiger partial charge in [-0.25, -0.2) is 17.9 Å². The molecule has 0 spiro atoms. The Bertz CT molecular complexity index is 1300. The van der Waals surface area contributed by atoms with E-state index in [2.05, 4.69) is 5.32 Å². The summed E-state index contributed by atoms with van der Waals surface area (Å²) in [7, 11) is -8.79. The van der Waals surface area contributed by atoms with Gasteiger partial charge in [-0.2, -0.15) is 13.2 Å². The molecule has 7 nitrogen and oxygen atoms in total. The molecule has 0 saturated carbocycles. The molecule has 0 aliphatic carbocycles. The van der Waals surface area contributed by atoms with E-state index >= 15 is 0 Å². The number of halogens is 3. The van der Waals surface area contributed by atoms with Gasteiger partial charge in [0, 0.05) is 6.54 Å². The highest BCUT2D eigenvalue weighted by Gasteiger charge is 2.51. The van der Waals surface area contributed by atoms with Crippen molar-refractivity contribution in [2.45, 2.75) is 44.0 Å². The average Bonchev–Trinajstić information content (AvgIpc) is 2.91. The number of carbonyl (C=O) groups is 1. The van der Waals surface area contributed by atoms with Crippen LogP contribution >= 0.6 is 0 Å². The SMILES string of the molecule is CC(C)(C)[Si](OC[C@@H](CNS(=O)(=O)C(F)(F)F)NC(=O)OCc1ccccc1)(c1ccccc1)c1ccccc1. The van der Waals surface area contributed by atoms with Gasteiger partial charge in [-0.1, -0.05) is 112 Å². The van der Waals surface area contributed by atoms with Crippen molar-refractivity contribution in [3.05, 3.63) is 96.6 Å². The molecule has 1 amide bonds. The normalized spacial score (nSPS) is 13.4. The highest BCUT2D eigenvalue weighted by molar-refractivity contribution is 7.90. The summed E-state index contributed by atoms with van der Waals surface area (Å²) in [6, 6.07) is 26.6. The van der Waals surface area contributed by atoms with Gasteiger partial charge in [-0.05, 0) is 21.0 Å².